The van der Waals surface area contributed by atoms with Gasteiger partial charge in [0.25, 0.3) is 5.92 Å². The maximum Gasteiger partial charge on any atom is 0.326 e. The lowest BCUT2D eigenvalue weighted by Gasteiger charge is -2.21. The molecule has 1 rings (SSSR count). The van der Waals surface area contributed by atoms with Crippen LogP contribution in [-0.4, -0.2) is 45.6 Å². The SMILES string of the molecule is CC(S)CC(=O)N1CC(F)(F)C[C@H]1C(=O)O. The van der Waals surface area contributed by atoms with Gasteiger partial charge in [-0.1, -0.05) is 6.92 Å². The number of alkyl halides is 2. The molecule has 1 N–H and O–H groups in total. The molecule has 7 heteroatoms. The Morgan fingerprint density at radius 2 is 2.19 bits per heavy atom. The predicted molar refractivity (Wildman–Crippen MR) is 55.8 cm³/mol. The van der Waals surface area contributed by atoms with E-state index in [2.05, 4.69) is 12.6 Å². The summed E-state index contributed by atoms with van der Waals surface area (Å²) in [7, 11) is 0. The summed E-state index contributed by atoms with van der Waals surface area (Å²) in [5.41, 5.74) is 0. The Kier molecular flexibility index (Phi) is 3.77. The van der Waals surface area contributed by atoms with Crippen LogP contribution in [-0.2, 0) is 9.59 Å². The van der Waals surface area contributed by atoms with E-state index >= 15 is 0 Å². The Morgan fingerprint density at radius 1 is 1.62 bits per heavy atom. The van der Waals surface area contributed by atoms with E-state index in [0.717, 1.165) is 4.90 Å². The topological polar surface area (TPSA) is 57.6 Å². The van der Waals surface area contributed by atoms with Crippen LogP contribution in [0.1, 0.15) is 19.8 Å². The van der Waals surface area contributed by atoms with Gasteiger partial charge < -0.3 is 10.0 Å². The van der Waals surface area contributed by atoms with Crippen LogP contribution in [0.3, 0.4) is 0 Å². The van der Waals surface area contributed by atoms with Crippen molar-refractivity contribution in [3.05, 3.63) is 0 Å². The number of halogens is 2. The normalized spacial score (nSPS) is 25.5. The van der Waals surface area contributed by atoms with Crippen molar-refractivity contribution in [2.45, 2.75) is 37.0 Å². The van der Waals surface area contributed by atoms with Gasteiger partial charge in [-0.15, -0.1) is 0 Å². The first-order chi connectivity index (χ1) is 7.23. The van der Waals surface area contributed by atoms with E-state index in [1.165, 1.54) is 0 Å². The third-order valence-corrected chi connectivity index (χ3v) is 2.53. The maximum absolute atomic E-state index is 13.0. The molecule has 1 heterocycles. The van der Waals surface area contributed by atoms with Crippen molar-refractivity contribution in [3.63, 3.8) is 0 Å². The summed E-state index contributed by atoms with van der Waals surface area (Å²) in [5.74, 6) is -5.09. The van der Waals surface area contributed by atoms with E-state index in [1.807, 2.05) is 0 Å². The number of hydrogen-bond acceptors (Lipinski definition) is 3. The minimum absolute atomic E-state index is 0.0387. The number of amides is 1. The molecule has 0 aliphatic carbocycles. The Labute approximate surface area is 97.0 Å². The van der Waals surface area contributed by atoms with Gasteiger partial charge in [-0.2, -0.15) is 12.6 Å². The van der Waals surface area contributed by atoms with Crippen LogP contribution in [0.5, 0.6) is 0 Å². The third kappa shape index (κ3) is 3.07. The van der Waals surface area contributed by atoms with Crippen molar-refractivity contribution >= 4 is 24.5 Å². The molecule has 1 amide bonds. The summed E-state index contributed by atoms with van der Waals surface area (Å²) in [4.78, 5) is 23.0. The molecule has 2 atom stereocenters. The number of rotatable bonds is 3. The number of carboxylic acid groups (broad SMARTS) is 1. The smallest absolute Gasteiger partial charge is 0.326 e. The molecule has 0 bridgehead atoms. The fourth-order valence-corrected chi connectivity index (χ4v) is 1.83. The summed E-state index contributed by atoms with van der Waals surface area (Å²) in [6, 6.07) is -1.42. The molecular formula is C9H13F2NO3S. The molecule has 0 spiro atoms. The largest absolute Gasteiger partial charge is 0.480 e. The van der Waals surface area contributed by atoms with E-state index in [0.29, 0.717) is 0 Å². The van der Waals surface area contributed by atoms with Gasteiger partial charge >= 0.3 is 5.97 Å². The highest BCUT2D eigenvalue weighted by Gasteiger charge is 2.49. The van der Waals surface area contributed by atoms with Crippen molar-refractivity contribution in [2.75, 3.05) is 6.54 Å². The standard InChI is InChI=1S/C9H13F2NO3S/c1-5(16)2-7(13)12-4-9(10,11)3-6(12)8(14)15/h5-6,16H,2-4H2,1H3,(H,14,15)/t5?,6-/m0/s1. The highest BCUT2D eigenvalue weighted by Crippen LogP contribution is 2.32. The van der Waals surface area contributed by atoms with Gasteiger partial charge in [0.15, 0.2) is 0 Å². The van der Waals surface area contributed by atoms with Gasteiger partial charge in [0, 0.05) is 18.1 Å². The maximum atomic E-state index is 13.0. The average Bonchev–Trinajstić information content (AvgIpc) is 2.40. The molecule has 1 fully saturated rings. The summed E-state index contributed by atoms with van der Waals surface area (Å²) < 4.78 is 26.1. The van der Waals surface area contributed by atoms with Crippen LogP contribution >= 0.6 is 12.6 Å². The lowest BCUT2D eigenvalue weighted by molar-refractivity contribution is -0.148. The fraction of sp³-hybridized carbons (Fsp3) is 0.778. The molecule has 0 aromatic heterocycles. The number of likely N-dealkylation sites (tertiary alicyclic amines) is 1. The van der Waals surface area contributed by atoms with Gasteiger partial charge in [-0.25, -0.2) is 13.6 Å². The summed E-state index contributed by atoms with van der Waals surface area (Å²) in [5, 5.41) is 8.47. The second kappa shape index (κ2) is 4.57. The Morgan fingerprint density at radius 3 is 2.62 bits per heavy atom. The van der Waals surface area contributed by atoms with Gasteiger partial charge in [-0.05, 0) is 0 Å². The second-order valence-electron chi connectivity index (χ2n) is 3.99. The number of hydrogen-bond donors (Lipinski definition) is 2. The molecule has 0 saturated carbocycles. The Hall–Kier alpha value is -0.850. The number of nitrogens with zero attached hydrogens (tertiary/aromatic N) is 1. The molecule has 4 nitrogen and oxygen atoms in total. The van der Waals surface area contributed by atoms with Crippen molar-refractivity contribution in [1.29, 1.82) is 0 Å². The molecule has 0 radical (unpaired) electrons. The molecule has 0 aromatic rings. The number of carbonyl (C=O) groups excluding carboxylic acids is 1. The van der Waals surface area contributed by atoms with Crippen LogP contribution in [0, 0.1) is 0 Å². The zero-order valence-electron chi connectivity index (χ0n) is 8.69. The zero-order chi connectivity index (χ0) is 12.5. The predicted octanol–water partition coefficient (Wildman–Crippen LogP) is 1.02. The van der Waals surface area contributed by atoms with Gasteiger partial charge in [0.05, 0.1) is 6.54 Å². The molecule has 16 heavy (non-hydrogen) atoms. The first-order valence-electron chi connectivity index (χ1n) is 4.81. The molecule has 92 valence electrons. The monoisotopic (exact) mass is 253 g/mol. The van der Waals surface area contributed by atoms with Gasteiger partial charge in [-0.3, -0.25) is 4.79 Å². The second-order valence-corrected chi connectivity index (χ2v) is 4.87. The Bertz CT molecular complexity index is 309. The fourth-order valence-electron chi connectivity index (χ4n) is 1.67. The van der Waals surface area contributed by atoms with Crippen LogP contribution in [0.4, 0.5) is 8.78 Å². The molecule has 1 aliphatic heterocycles. The third-order valence-electron chi connectivity index (χ3n) is 2.35. The summed E-state index contributed by atoms with van der Waals surface area (Å²) >= 11 is 3.97. The quantitative estimate of drug-likeness (QED) is 0.738. The van der Waals surface area contributed by atoms with Crippen LogP contribution in [0.2, 0.25) is 0 Å². The van der Waals surface area contributed by atoms with Crippen LogP contribution in [0.15, 0.2) is 0 Å². The number of aliphatic carboxylic acids is 1. The lowest BCUT2D eigenvalue weighted by Crippen LogP contribution is -2.41. The van der Waals surface area contributed by atoms with Gasteiger partial charge in [0.1, 0.15) is 6.04 Å². The Balaban J connectivity index is 2.77. The van der Waals surface area contributed by atoms with Crippen molar-refractivity contribution in [3.8, 4) is 0 Å². The van der Waals surface area contributed by atoms with E-state index < -0.39 is 36.8 Å². The minimum atomic E-state index is -3.11. The van der Waals surface area contributed by atoms with E-state index in [9.17, 15) is 18.4 Å². The van der Waals surface area contributed by atoms with E-state index in [4.69, 9.17) is 5.11 Å². The van der Waals surface area contributed by atoms with Gasteiger partial charge in [0.2, 0.25) is 5.91 Å². The summed E-state index contributed by atoms with van der Waals surface area (Å²) in [6.45, 7) is 0.828. The van der Waals surface area contributed by atoms with Crippen molar-refractivity contribution < 1.29 is 23.5 Å². The molecular weight excluding hydrogens is 240 g/mol. The average molecular weight is 253 g/mol. The molecule has 1 saturated heterocycles. The first-order valence-corrected chi connectivity index (χ1v) is 5.33. The molecule has 1 aliphatic rings. The zero-order valence-corrected chi connectivity index (χ0v) is 9.58. The number of thiol groups is 1. The number of carbonyl (C=O) groups is 2. The number of carboxylic acids is 1. The summed E-state index contributed by atoms with van der Waals surface area (Å²) in [6.07, 6.45) is -0.849. The lowest BCUT2D eigenvalue weighted by atomic mass is 10.2. The molecule has 1 unspecified atom stereocenters. The highest BCUT2D eigenvalue weighted by atomic mass is 32.1. The highest BCUT2D eigenvalue weighted by molar-refractivity contribution is 7.80. The van der Waals surface area contributed by atoms with Crippen LogP contribution in [0.25, 0.3) is 0 Å². The first kappa shape index (κ1) is 13.2. The van der Waals surface area contributed by atoms with E-state index in [-0.39, 0.29) is 11.7 Å². The van der Waals surface area contributed by atoms with Crippen molar-refractivity contribution in [1.82, 2.24) is 4.90 Å². The van der Waals surface area contributed by atoms with Crippen molar-refractivity contribution in [2.24, 2.45) is 0 Å². The minimum Gasteiger partial charge on any atom is -0.480 e. The van der Waals surface area contributed by atoms with Crippen LogP contribution < -0.4 is 0 Å². The molecule has 0 aromatic carbocycles. The van der Waals surface area contributed by atoms with E-state index in [1.54, 1.807) is 6.92 Å².